The topological polar surface area (TPSA) is 42.2 Å². The fourth-order valence-corrected chi connectivity index (χ4v) is 2.82. The van der Waals surface area contributed by atoms with Crippen LogP contribution in [0.15, 0.2) is 18.3 Å². The van der Waals surface area contributed by atoms with Crippen LogP contribution >= 0.6 is 12.2 Å². The van der Waals surface area contributed by atoms with Crippen LogP contribution in [0.2, 0.25) is 0 Å². The van der Waals surface area contributed by atoms with Gasteiger partial charge >= 0.3 is 0 Å². The summed E-state index contributed by atoms with van der Waals surface area (Å²) in [5.41, 5.74) is 7.60. The van der Waals surface area contributed by atoms with Crippen molar-refractivity contribution in [1.82, 2.24) is 9.88 Å². The molecule has 98 valence electrons. The van der Waals surface area contributed by atoms with Gasteiger partial charge in [-0.1, -0.05) is 32.0 Å². The number of thiocarbonyl (C=S) groups is 1. The molecule has 3 nitrogen and oxygen atoms in total. The Hall–Kier alpha value is -1.00. The average molecular weight is 263 g/mol. The fraction of sp³-hybridized carbons (Fsp3) is 0.571. The smallest absolute Gasteiger partial charge is 0.122 e. The van der Waals surface area contributed by atoms with Crippen molar-refractivity contribution in [3.05, 3.63) is 29.6 Å². The first-order chi connectivity index (χ1) is 8.70. The molecule has 0 radical (unpaired) electrons. The SMILES string of the molecule is CCN(Cc1ccnc(C(N)=S)c1)C1CCCC1. The van der Waals surface area contributed by atoms with Crippen LogP contribution < -0.4 is 5.73 Å². The van der Waals surface area contributed by atoms with Gasteiger partial charge in [-0.05, 0) is 37.1 Å². The molecule has 1 saturated carbocycles. The number of pyridine rings is 1. The average Bonchev–Trinajstić information content (AvgIpc) is 2.90. The minimum absolute atomic E-state index is 0.376. The first kappa shape index (κ1) is 13.4. The van der Waals surface area contributed by atoms with Gasteiger partial charge < -0.3 is 5.73 Å². The number of nitrogens with zero attached hydrogens (tertiary/aromatic N) is 2. The van der Waals surface area contributed by atoms with Crippen molar-refractivity contribution in [2.75, 3.05) is 6.54 Å². The van der Waals surface area contributed by atoms with Crippen LogP contribution in [0.1, 0.15) is 43.9 Å². The molecule has 0 spiro atoms. The van der Waals surface area contributed by atoms with Gasteiger partial charge in [0.1, 0.15) is 4.99 Å². The normalized spacial score (nSPS) is 16.3. The molecule has 0 aromatic carbocycles. The quantitative estimate of drug-likeness (QED) is 0.829. The molecule has 0 bridgehead atoms. The summed E-state index contributed by atoms with van der Waals surface area (Å²) in [6, 6.07) is 4.82. The zero-order chi connectivity index (χ0) is 13.0. The highest BCUT2D eigenvalue weighted by atomic mass is 32.1. The lowest BCUT2D eigenvalue weighted by atomic mass is 10.1. The van der Waals surface area contributed by atoms with Gasteiger partial charge in [0.15, 0.2) is 0 Å². The van der Waals surface area contributed by atoms with E-state index < -0.39 is 0 Å². The van der Waals surface area contributed by atoms with E-state index in [9.17, 15) is 0 Å². The second-order valence-electron chi connectivity index (χ2n) is 4.91. The van der Waals surface area contributed by atoms with E-state index in [0.717, 1.165) is 24.8 Å². The molecule has 2 rings (SSSR count). The Labute approximate surface area is 114 Å². The molecular formula is C14H21N3S. The molecule has 0 saturated heterocycles. The predicted molar refractivity (Wildman–Crippen MR) is 78.5 cm³/mol. The van der Waals surface area contributed by atoms with Crippen LogP contribution in [-0.4, -0.2) is 27.5 Å². The fourth-order valence-electron chi connectivity index (χ4n) is 2.71. The first-order valence-corrected chi connectivity index (χ1v) is 7.10. The van der Waals surface area contributed by atoms with E-state index >= 15 is 0 Å². The van der Waals surface area contributed by atoms with Crippen LogP contribution in [0, 0.1) is 0 Å². The summed E-state index contributed by atoms with van der Waals surface area (Å²) in [6.07, 6.45) is 7.21. The second kappa shape index (κ2) is 6.25. The highest BCUT2D eigenvalue weighted by Crippen LogP contribution is 2.24. The van der Waals surface area contributed by atoms with Crippen molar-refractivity contribution in [1.29, 1.82) is 0 Å². The van der Waals surface area contributed by atoms with Gasteiger partial charge in [0.25, 0.3) is 0 Å². The van der Waals surface area contributed by atoms with Crippen LogP contribution in [0.25, 0.3) is 0 Å². The Morgan fingerprint density at radius 3 is 2.83 bits per heavy atom. The van der Waals surface area contributed by atoms with Crippen molar-refractivity contribution < 1.29 is 0 Å². The summed E-state index contributed by atoms with van der Waals surface area (Å²) in [4.78, 5) is 7.11. The Bertz CT molecular complexity index is 413. The lowest BCUT2D eigenvalue weighted by Crippen LogP contribution is -2.32. The summed E-state index contributed by atoms with van der Waals surface area (Å²) in [5.74, 6) is 0. The summed E-state index contributed by atoms with van der Waals surface area (Å²) < 4.78 is 0. The molecule has 1 aliphatic carbocycles. The molecule has 0 atom stereocenters. The van der Waals surface area contributed by atoms with E-state index in [2.05, 4.69) is 22.9 Å². The third-order valence-corrected chi connectivity index (χ3v) is 3.92. The van der Waals surface area contributed by atoms with Crippen LogP contribution in [0.3, 0.4) is 0 Å². The molecule has 0 amide bonds. The summed E-state index contributed by atoms with van der Waals surface area (Å²) in [6.45, 7) is 4.29. The molecule has 2 N–H and O–H groups in total. The zero-order valence-electron chi connectivity index (χ0n) is 10.9. The highest BCUT2D eigenvalue weighted by Gasteiger charge is 2.21. The molecule has 0 unspecified atom stereocenters. The van der Waals surface area contributed by atoms with Crippen molar-refractivity contribution >= 4 is 17.2 Å². The third-order valence-electron chi connectivity index (χ3n) is 3.71. The summed E-state index contributed by atoms with van der Waals surface area (Å²) in [5, 5.41) is 0. The first-order valence-electron chi connectivity index (χ1n) is 6.69. The Balaban J connectivity index is 2.06. The summed E-state index contributed by atoms with van der Waals surface area (Å²) in [7, 11) is 0. The van der Waals surface area contributed by atoms with Crippen LogP contribution in [0.4, 0.5) is 0 Å². The molecular weight excluding hydrogens is 242 g/mol. The largest absolute Gasteiger partial charge is 0.388 e. The van der Waals surface area contributed by atoms with Crippen molar-refractivity contribution in [3.63, 3.8) is 0 Å². The van der Waals surface area contributed by atoms with E-state index in [1.807, 2.05) is 6.07 Å². The number of hydrogen-bond donors (Lipinski definition) is 1. The van der Waals surface area contributed by atoms with Gasteiger partial charge in [0, 0.05) is 18.8 Å². The molecule has 1 aromatic heterocycles. The van der Waals surface area contributed by atoms with E-state index in [1.54, 1.807) is 6.20 Å². The van der Waals surface area contributed by atoms with Crippen molar-refractivity contribution in [2.45, 2.75) is 45.2 Å². The number of rotatable bonds is 5. The molecule has 1 aliphatic rings. The van der Waals surface area contributed by atoms with E-state index in [-0.39, 0.29) is 0 Å². The van der Waals surface area contributed by atoms with Gasteiger partial charge in [0.05, 0.1) is 5.69 Å². The van der Waals surface area contributed by atoms with E-state index in [4.69, 9.17) is 18.0 Å². The molecule has 18 heavy (non-hydrogen) atoms. The van der Waals surface area contributed by atoms with Gasteiger partial charge in [-0.2, -0.15) is 0 Å². The van der Waals surface area contributed by atoms with Gasteiger partial charge in [-0.15, -0.1) is 0 Å². The van der Waals surface area contributed by atoms with Gasteiger partial charge in [-0.25, -0.2) is 0 Å². The number of hydrogen-bond acceptors (Lipinski definition) is 3. The van der Waals surface area contributed by atoms with Crippen LogP contribution in [0.5, 0.6) is 0 Å². The van der Waals surface area contributed by atoms with Gasteiger partial charge in [0.2, 0.25) is 0 Å². The minimum atomic E-state index is 0.376. The van der Waals surface area contributed by atoms with Crippen molar-refractivity contribution in [2.24, 2.45) is 5.73 Å². The molecule has 1 fully saturated rings. The van der Waals surface area contributed by atoms with Crippen molar-refractivity contribution in [3.8, 4) is 0 Å². The Morgan fingerprint density at radius 1 is 1.50 bits per heavy atom. The maximum atomic E-state index is 5.62. The lowest BCUT2D eigenvalue weighted by Gasteiger charge is -2.27. The second-order valence-corrected chi connectivity index (χ2v) is 5.35. The zero-order valence-corrected chi connectivity index (χ0v) is 11.7. The Kier molecular flexibility index (Phi) is 4.66. The minimum Gasteiger partial charge on any atom is -0.388 e. The maximum Gasteiger partial charge on any atom is 0.122 e. The monoisotopic (exact) mass is 263 g/mol. The van der Waals surface area contributed by atoms with E-state index in [0.29, 0.717) is 4.99 Å². The predicted octanol–water partition coefficient (Wildman–Crippen LogP) is 2.48. The Morgan fingerprint density at radius 2 is 2.22 bits per heavy atom. The lowest BCUT2D eigenvalue weighted by molar-refractivity contribution is 0.200. The van der Waals surface area contributed by atoms with E-state index in [1.165, 1.54) is 31.2 Å². The van der Waals surface area contributed by atoms with Crippen LogP contribution in [-0.2, 0) is 6.54 Å². The number of nitrogens with two attached hydrogens (primary N) is 1. The molecule has 4 heteroatoms. The molecule has 1 heterocycles. The molecule has 0 aliphatic heterocycles. The third kappa shape index (κ3) is 3.27. The molecule has 1 aromatic rings. The number of aromatic nitrogens is 1. The highest BCUT2D eigenvalue weighted by molar-refractivity contribution is 7.80. The standard InChI is InChI=1S/C14H21N3S/c1-2-17(12-5-3-4-6-12)10-11-7-8-16-13(9-11)14(15)18/h7-9,12H,2-6,10H2,1H3,(H2,15,18). The maximum absolute atomic E-state index is 5.62. The summed E-state index contributed by atoms with van der Waals surface area (Å²) >= 11 is 4.97. The van der Waals surface area contributed by atoms with Gasteiger partial charge in [-0.3, -0.25) is 9.88 Å².